The van der Waals surface area contributed by atoms with E-state index >= 15 is 0 Å². The zero-order valence-electron chi connectivity index (χ0n) is 12.9. The number of amides is 1. The van der Waals surface area contributed by atoms with Crippen LogP contribution >= 0.6 is 0 Å². The van der Waals surface area contributed by atoms with Crippen LogP contribution in [0.3, 0.4) is 0 Å². The van der Waals surface area contributed by atoms with Crippen molar-refractivity contribution in [3.05, 3.63) is 83.9 Å². The van der Waals surface area contributed by atoms with Gasteiger partial charge in [-0.25, -0.2) is 13.8 Å². The Balaban J connectivity index is 1.81. The number of benzene rings is 2. The fourth-order valence-electron chi connectivity index (χ4n) is 2.42. The molecule has 24 heavy (non-hydrogen) atoms. The first kappa shape index (κ1) is 15.9. The van der Waals surface area contributed by atoms with Crippen molar-refractivity contribution in [2.24, 2.45) is 0 Å². The van der Waals surface area contributed by atoms with Gasteiger partial charge in [0.05, 0.1) is 6.04 Å². The Labute approximate surface area is 137 Å². The molecule has 3 aromatic rings. The number of nitrogens with zero attached hydrogens (tertiary/aromatic N) is 2. The van der Waals surface area contributed by atoms with Crippen LogP contribution in [0.1, 0.15) is 29.1 Å². The van der Waals surface area contributed by atoms with Crippen LogP contribution in [0, 0.1) is 11.6 Å². The molecule has 6 heteroatoms. The molecule has 3 rings (SSSR count). The van der Waals surface area contributed by atoms with Crippen LogP contribution in [-0.4, -0.2) is 15.5 Å². The lowest BCUT2D eigenvalue weighted by Crippen LogP contribution is -2.28. The maximum atomic E-state index is 13.3. The summed E-state index contributed by atoms with van der Waals surface area (Å²) in [7, 11) is 0. The molecular weight excluding hydrogens is 312 g/mol. The minimum atomic E-state index is -1.05. The van der Waals surface area contributed by atoms with Gasteiger partial charge in [-0.15, -0.1) is 0 Å². The van der Waals surface area contributed by atoms with E-state index in [9.17, 15) is 13.6 Å². The number of halogens is 2. The van der Waals surface area contributed by atoms with Gasteiger partial charge in [0.2, 0.25) is 0 Å². The maximum absolute atomic E-state index is 13.3. The first-order valence-electron chi connectivity index (χ1n) is 7.41. The van der Waals surface area contributed by atoms with E-state index in [2.05, 4.69) is 10.3 Å². The number of rotatable bonds is 4. The highest BCUT2D eigenvalue weighted by atomic mass is 19.2. The zero-order valence-corrected chi connectivity index (χ0v) is 12.9. The lowest BCUT2D eigenvalue weighted by molar-refractivity contribution is 0.0937. The Morgan fingerprint density at radius 3 is 2.58 bits per heavy atom. The molecule has 1 N–H and O–H groups in total. The molecule has 0 aliphatic heterocycles. The molecule has 4 nitrogen and oxygen atoms in total. The van der Waals surface area contributed by atoms with Gasteiger partial charge >= 0.3 is 0 Å². The van der Waals surface area contributed by atoms with Gasteiger partial charge in [0, 0.05) is 23.6 Å². The number of nitrogens with one attached hydrogen (secondary N) is 1. The van der Waals surface area contributed by atoms with Crippen molar-refractivity contribution in [3.63, 3.8) is 0 Å². The van der Waals surface area contributed by atoms with Crippen molar-refractivity contribution in [2.45, 2.75) is 13.0 Å². The van der Waals surface area contributed by atoms with Crippen molar-refractivity contribution in [2.75, 3.05) is 0 Å². The largest absolute Gasteiger partial charge is 0.342 e. The van der Waals surface area contributed by atoms with Gasteiger partial charge in [0.25, 0.3) is 5.91 Å². The van der Waals surface area contributed by atoms with E-state index in [0.717, 1.165) is 17.8 Å². The van der Waals surface area contributed by atoms with E-state index in [1.807, 2.05) is 34.9 Å². The van der Waals surface area contributed by atoms with Crippen molar-refractivity contribution in [1.82, 2.24) is 14.9 Å². The van der Waals surface area contributed by atoms with Crippen LogP contribution < -0.4 is 5.32 Å². The third-order valence-corrected chi connectivity index (χ3v) is 3.62. The van der Waals surface area contributed by atoms with E-state index in [-0.39, 0.29) is 5.56 Å². The summed E-state index contributed by atoms with van der Waals surface area (Å²) in [6.07, 6.45) is 3.44. The smallest absolute Gasteiger partial charge is 0.251 e. The number of imidazole rings is 1. The quantitative estimate of drug-likeness (QED) is 0.795. The molecule has 122 valence electrons. The molecule has 1 amide bonds. The Bertz CT molecular complexity index is 862. The van der Waals surface area contributed by atoms with Crippen molar-refractivity contribution >= 4 is 5.91 Å². The Hall–Kier alpha value is -3.02. The molecule has 0 aliphatic rings. The van der Waals surface area contributed by atoms with Crippen molar-refractivity contribution in [1.29, 1.82) is 0 Å². The minimum Gasteiger partial charge on any atom is -0.342 e. The number of carbonyl (C=O) groups is 1. The summed E-state index contributed by atoms with van der Waals surface area (Å²) in [6.45, 7) is 1.78. The number of para-hydroxylation sites is 1. The van der Waals surface area contributed by atoms with Crippen LogP contribution in [0.2, 0.25) is 0 Å². The summed E-state index contributed by atoms with van der Waals surface area (Å²) in [5.41, 5.74) is 0.970. The molecule has 1 heterocycles. The van der Waals surface area contributed by atoms with Gasteiger partial charge < -0.3 is 9.88 Å². The van der Waals surface area contributed by atoms with Gasteiger partial charge in [0.15, 0.2) is 11.6 Å². The van der Waals surface area contributed by atoms with E-state index in [0.29, 0.717) is 5.82 Å². The van der Waals surface area contributed by atoms with Gasteiger partial charge in [-0.2, -0.15) is 0 Å². The molecule has 0 saturated heterocycles. The van der Waals surface area contributed by atoms with Gasteiger partial charge in [0.1, 0.15) is 5.82 Å². The van der Waals surface area contributed by atoms with Gasteiger partial charge in [-0.3, -0.25) is 4.79 Å². The predicted octanol–water partition coefficient (Wildman–Crippen LogP) is 3.64. The van der Waals surface area contributed by atoms with Gasteiger partial charge in [-0.05, 0) is 37.3 Å². The average Bonchev–Trinajstić information content (AvgIpc) is 3.08. The van der Waals surface area contributed by atoms with Crippen molar-refractivity contribution in [3.8, 4) is 5.69 Å². The summed E-state index contributed by atoms with van der Waals surface area (Å²) in [5, 5.41) is 2.74. The van der Waals surface area contributed by atoms with Gasteiger partial charge in [-0.1, -0.05) is 18.2 Å². The monoisotopic (exact) mass is 327 g/mol. The third-order valence-electron chi connectivity index (χ3n) is 3.62. The summed E-state index contributed by atoms with van der Waals surface area (Å²) in [5.74, 6) is -1.90. The maximum Gasteiger partial charge on any atom is 0.251 e. The third kappa shape index (κ3) is 3.17. The summed E-state index contributed by atoms with van der Waals surface area (Å²) in [6, 6.07) is 12.2. The van der Waals surface area contributed by atoms with E-state index in [1.54, 1.807) is 19.3 Å². The number of aromatic nitrogens is 2. The SMILES string of the molecule is CC(NC(=O)c1ccc(F)c(F)c1)c1nccn1-c1ccccc1. The molecule has 0 spiro atoms. The predicted molar refractivity (Wildman–Crippen MR) is 85.8 cm³/mol. The highest BCUT2D eigenvalue weighted by molar-refractivity contribution is 5.94. The Morgan fingerprint density at radius 1 is 1.12 bits per heavy atom. The van der Waals surface area contributed by atoms with Crippen LogP contribution in [0.5, 0.6) is 0 Å². The highest BCUT2D eigenvalue weighted by Crippen LogP contribution is 2.17. The lowest BCUT2D eigenvalue weighted by Gasteiger charge is -2.16. The number of hydrogen-bond acceptors (Lipinski definition) is 2. The first-order valence-corrected chi connectivity index (χ1v) is 7.41. The normalized spacial score (nSPS) is 12.0. The fourth-order valence-corrected chi connectivity index (χ4v) is 2.42. The number of hydrogen-bond donors (Lipinski definition) is 1. The van der Waals surface area contributed by atoms with Crippen LogP contribution in [0.15, 0.2) is 60.9 Å². The van der Waals surface area contributed by atoms with Crippen LogP contribution in [0.25, 0.3) is 5.69 Å². The van der Waals surface area contributed by atoms with Crippen LogP contribution in [0.4, 0.5) is 8.78 Å². The molecule has 1 aromatic heterocycles. The topological polar surface area (TPSA) is 46.9 Å². The molecule has 0 bridgehead atoms. The summed E-state index contributed by atoms with van der Waals surface area (Å²) in [4.78, 5) is 16.5. The molecular formula is C18H15F2N3O. The standard InChI is InChI=1S/C18H15F2N3O/c1-12(22-18(24)13-7-8-15(19)16(20)11-13)17-21-9-10-23(17)14-5-3-2-4-6-14/h2-12H,1H3,(H,22,24). The zero-order chi connectivity index (χ0) is 17.1. The molecule has 1 atom stereocenters. The minimum absolute atomic E-state index is 0.0542. The lowest BCUT2D eigenvalue weighted by atomic mass is 10.2. The molecule has 0 fully saturated rings. The number of carbonyl (C=O) groups excluding carboxylic acids is 1. The molecule has 0 aliphatic carbocycles. The van der Waals surface area contributed by atoms with E-state index < -0.39 is 23.6 Å². The second-order valence-electron chi connectivity index (χ2n) is 5.32. The van der Waals surface area contributed by atoms with E-state index in [1.165, 1.54) is 6.07 Å². The van der Waals surface area contributed by atoms with Crippen molar-refractivity contribution < 1.29 is 13.6 Å². The Kier molecular flexibility index (Phi) is 4.37. The summed E-state index contributed by atoms with van der Waals surface area (Å²) >= 11 is 0. The second kappa shape index (κ2) is 6.62. The first-order chi connectivity index (χ1) is 11.6. The summed E-state index contributed by atoms with van der Waals surface area (Å²) < 4.78 is 28.1. The van der Waals surface area contributed by atoms with E-state index in [4.69, 9.17) is 0 Å². The average molecular weight is 327 g/mol. The molecule has 0 saturated carbocycles. The fraction of sp³-hybridized carbons (Fsp3) is 0.111. The molecule has 0 radical (unpaired) electrons. The van der Waals surface area contributed by atoms with Crippen LogP contribution in [-0.2, 0) is 0 Å². The second-order valence-corrected chi connectivity index (χ2v) is 5.32. The Morgan fingerprint density at radius 2 is 1.88 bits per heavy atom. The molecule has 1 unspecified atom stereocenters. The highest BCUT2D eigenvalue weighted by Gasteiger charge is 2.17. The molecule has 2 aromatic carbocycles.